The number of nitrogens with zero attached hydrogens (tertiary/aromatic N) is 1. The average Bonchev–Trinajstić information content (AvgIpc) is 2.33. The second kappa shape index (κ2) is 2.35. The summed E-state index contributed by atoms with van der Waals surface area (Å²) in [6, 6.07) is 0. The van der Waals surface area contributed by atoms with Crippen LogP contribution in [0.2, 0.25) is 0 Å². The Kier molecular flexibility index (Phi) is 1.52. The van der Waals surface area contributed by atoms with E-state index in [1.807, 2.05) is 0 Å². The van der Waals surface area contributed by atoms with Gasteiger partial charge in [-0.1, -0.05) is 6.08 Å². The minimum absolute atomic E-state index is 0.850. The summed E-state index contributed by atoms with van der Waals surface area (Å²) >= 11 is 2.07. The highest BCUT2D eigenvalue weighted by Crippen LogP contribution is 2.30. The van der Waals surface area contributed by atoms with Crippen LogP contribution in [0.3, 0.4) is 0 Å². The molecule has 0 aromatic carbocycles. The Bertz CT molecular complexity index is 142. The molecule has 0 aromatic rings. The van der Waals surface area contributed by atoms with E-state index in [4.69, 9.17) is 0 Å². The molecule has 1 unspecified atom stereocenters. The molecule has 0 aliphatic carbocycles. The molecule has 0 bridgehead atoms. The van der Waals surface area contributed by atoms with E-state index in [1.54, 1.807) is 5.57 Å². The molecule has 1 atom stereocenters. The molecule has 1 nitrogen and oxygen atoms in total. The van der Waals surface area contributed by atoms with Crippen molar-refractivity contribution in [1.29, 1.82) is 0 Å². The van der Waals surface area contributed by atoms with Crippen LogP contribution in [0.4, 0.5) is 0 Å². The van der Waals surface area contributed by atoms with E-state index in [0.717, 1.165) is 18.3 Å². The smallest absolute Gasteiger partial charge is 0.0354 e. The van der Waals surface area contributed by atoms with Gasteiger partial charge in [-0.3, -0.25) is 0 Å². The molecule has 2 aliphatic heterocycles. The lowest BCUT2D eigenvalue weighted by Crippen LogP contribution is -2.24. The Balaban J connectivity index is 2.09. The maximum absolute atomic E-state index is 4.34. The van der Waals surface area contributed by atoms with Crippen LogP contribution < -0.4 is 5.32 Å². The average molecular weight is 140 g/mol. The molecule has 2 aliphatic rings. The minimum Gasteiger partial charge on any atom is -0.237 e. The molecular formula is C7H10NS. The minimum atomic E-state index is 0.850. The summed E-state index contributed by atoms with van der Waals surface area (Å²) in [4.78, 5) is 0. The fourth-order valence-corrected chi connectivity index (χ4v) is 2.56. The van der Waals surface area contributed by atoms with Gasteiger partial charge in [-0.2, -0.15) is 0 Å². The van der Waals surface area contributed by atoms with Crippen molar-refractivity contribution in [3.05, 3.63) is 11.6 Å². The summed E-state index contributed by atoms with van der Waals surface area (Å²) < 4.78 is 0. The highest BCUT2D eigenvalue weighted by Gasteiger charge is 2.22. The zero-order chi connectivity index (χ0) is 6.10. The summed E-state index contributed by atoms with van der Waals surface area (Å²) in [6.07, 6.45) is 3.63. The first kappa shape index (κ1) is 5.81. The zero-order valence-corrected chi connectivity index (χ0v) is 6.16. The van der Waals surface area contributed by atoms with Gasteiger partial charge in [0.1, 0.15) is 0 Å². The summed E-state index contributed by atoms with van der Waals surface area (Å²) in [5.41, 5.74) is 1.59. The summed E-state index contributed by atoms with van der Waals surface area (Å²) in [5, 5.41) is 5.19. The quantitative estimate of drug-likeness (QED) is 0.458. The maximum atomic E-state index is 4.34. The van der Waals surface area contributed by atoms with Crippen LogP contribution in [0.1, 0.15) is 6.42 Å². The Labute approximate surface area is 59.9 Å². The summed E-state index contributed by atoms with van der Waals surface area (Å²) in [7, 11) is 0. The van der Waals surface area contributed by atoms with Crippen LogP contribution in [0.25, 0.3) is 0 Å². The largest absolute Gasteiger partial charge is 0.237 e. The molecule has 1 saturated heterocycles. The SMILES string of the molecule is C1=C2C[N]CCC2SC1. The number of rotatable bonds is 0. The zero-order valence-electron chi connectivity index (χ0n) is 5.34. The van der Waals surface area contributed by atoms with Crippen molar-refractivity contribution in [3.8, 4) is 0 Å². The van der Waals surface area contributed by atoms with Crippen LogP contribution in [0, 0.1) is 0 Å². The predicted molar refractivity (Wildman–Crippen MR) is 40.8 cm³/mol. The van der Waals surface area contributed by atoms with E-state index in [2.05, 4.69) is 23.2 Å². The first-order chi connectivity index (χ1) is 4.47. The molecule has 0 aromatic heterocycles. The fraction of sp³-hybridized carbons (Fsp3) is 0.714. The first-order valence-corrected chi connectivity index (χ1v) is 4.45. The second-order valence-corrected chi connectivity index (χ2v) is 3.73. The van der Waals surface area contributed by atoms with Gasteiger partial charge in [0.15, 0.2) is 0 Å². The number of thioether (sulfide) groups is 1. The maximum Gasteiger partial charge on any atom is 0.0354 e. The van der Waals surface area contributed by atoms with Crippen LogP contribution in [0.15, 0.2) is 11.6 Å². The normalized spacial score (nSPS) is 33.8. The number of hydrogen-bond acceptors (Lipinski definition) is 1. The fourth-order valence-electron chi connectivity index (χ4n) is 1.36. The number of hydrogen-bond donors (Lipinski definition) is 0. The van der Waals surface area contributed by atoms with E-state index in [1.165, 1.54) is 12.2 Å². The third-order valence-corrected chi connectivity index (χ3v) is 3.20. The first-order valence-electron chi connectivity index (χ1n) is 3.40. The van der Waals surface area contributed by atoms with Crippen molar-refractivity contribution in [2.24, 2.45) is 0 Å². The summed E-state index contributed by atoms with van der Waals surface area (Å²) in [5.74, 6) is 1.23. The third kappa shape index (κ3) is 1.01. The van der Waals surface area contributed by atoms with E-state index in [-0.39, 0.29) is 0 Å². The Morgan fingerprint density at radius 1 is 1.67 bits per heavy atom. The lowest BCUT2D eigenvalue weighted by atomic mass is 10.1. The molecule has 49 valence electrons. The van der Waals surface area contributed by atoms with Gasteiger partial charge in [-0.15, -0.1) is 11.8 Å². The second-order valence-electron chi connectivity index (χ2n) is 2.50. The van der Waals surface area contributed by atoms with Crippen molar-refractivity contribution < 1.29 is 0 Å². The molecule has 0 N–H and O–H groups in total. The molecule has 0 saturated carbocycles. The van der Waals surface area contributed by atoms with Crippen molar-refractivity contribution >= 4 is 11.8 Å². The number of piperidine rings is 1. The molecule has 1 radical (unpaired) electrons. The number of fused-ring (bicyclic) bond motifs is 1. The van der Waals surface area contributed by atoms with Gasteiger partial charge in [-0.25, -0.2) is 5.32 Å². The third-order valence-electron chi connectivity index (χ3n) is 1.90. The van der Waals surface area contributed by atoms with Gasteiger partial charge < -0.3 is 0 Å². The van der Waals surface area contributed by atoms with Crippen molar-refractivity contribution in [3.63, 3.8) is 0 Å². The van der Waals surface area contributed by atoms with Gasteiger partial charge in [0, 0.05) is 24.1 Å². The van der Waals surface area contributed by atoms with Gasteiger partial charge in [0.05, 0.1) is 0 Å². The Morgan fingerprint density at radius 3 is 3.56 bits per heavy atom. The van der Waals surface area contributed by atoms with Crippen molar-refractivity contribution in [2.45, 2.75) is 11.7 Å². The molecule has 2 heteroatoms. The van der Waals surface area contributed by atoms with Crippen molar-refractivity contribution in [2.75, 3.05) is 18.8 Å². The van der Waals surface area contributed by atoms with Gasteiger partial charge in [-0.05, 0) is 12.0 Å². The highest BCUT2D eigenvalue weighted by atomic mass is 32.2. The van der Waals surface area contributed by atoms with Crippen LogP contribution in [-0.2, 0) is 0 Å². The van der Waals surface area contributed by atoms with E-state index >= 15 is 0 Å². The van der Waals surface area contributed by atoms with Crippen LogP contribution in [-0.4, -0.2) is 24.1 Å². The van der Waals surface area contributed by atoms with E-state index in [9.17, 15) is 0 Å². The van der Waals surface area contributed by atoms with Crippen LogP contribution >= 0.6 is 11.8 Å². The van der Waals surface area contributed by atoms with Crippen molar-refractivity contribution in [1.82, 2.24) is 5.32 Å². The molecule has 9 heavy (non-hydrogen) atoms. The highest BCUT2D eigenvalue weighted by molar-refractivity contribution is 8.00. The lowest BCUT2D eigenvalue weighted by molar-refractivity contribution is 0.611. The Morgan fingerprint density at radius 2 is 2.67 bits per heavy atom. The standard InChI is InChI=1S/C7H10NS/c1-3-8-5-6-2-4-9-7(1)6/h2,7H,1,3-5H2. The Hall–Kier alpha value is 0.0500. The predicted octanol–water partition coefficient (Wildman–Crippen LogP) is 1.04. The van der Waals surface area contributed by atoms with Gasteiger partial charge >= 0.3 is 0 Å². The monoisotopic (exact) mass is 140 g/mol. The molecular weight excluding hydrogens is 130 g/mol. The topological polar surface area (TPSA) is 14.1 Å². The van der Waals surface area contributed by atoms with E-state index in [0.29, 0.717) is 0 Å². The molecule has 0 amide bonds. The van der Waals surface area contributed by atoms with Gasteiger partial charge in [0.25, 0.3) is 0 Å². The molecule has 2 heterocycles. The van der Waals surface area contributed by atoms with E-state index < -0.39 is 0 Å². The lowest BCUT2D eigenvalue weighted by Gasteiger charge is -2.19. The molecule has 0 spiro atoms. The molecule has 2 rings (SSSR count). The van der Waals surface area contributed by atoms with Gasteiger partial charge in [0.2, 0.25) is 0 Å². The summed E-state index contributed by atoms with van der Waals surface area (Å²) in [6.45, 7) is 2.12. The molecule has 1 fully saturated rings. The van der Waals surface area contributed by atoms with Crippen LogP contribution in [0.5, 0.6) is 0 Å².